The van der Waals surface area contributed by atoms with Crippen molar-refractivity contribution in [1.82, 2.24) is 10.6 Å². The van der Waals surface area contributed by atoms with Gasteiger partial charge in [0.05, 0.1) is 11.7 Å². The first-order chi connectivity index (χ1) is 10.6. The molecule has 3 fully saturated rings. The maximum absolute atomic E-state index is 10.2. The van der Waals surface area contributed by atoms with E-state index in [4.69, 9.17) is 4.74 Å². The maximum atomic E-state index is 10.2. The summed E-state index contributed by atoms with van der Waals surface area (Å²) < 4.78 is 5.96. The summed E-state index contributed by atoms with van der Waals surface area (Å²) in [5.74, 6) is 0.826. The Bertz CT molecular complexity index is 420. The van der Waals surface area contributed by atoms with Crippen LogP contribution < -0.4 is 10.6 Å². The van der Waals surface area contributed by atoms with Crippen LogP contribution in [0.2, 0.25) is 0 Å². The van der Waals surface area contributed by atoms with Gasteiger partial charge in [-0.15, -0.1) is 24.0 Å². The lowest BCUT2D eigenvalue weighted by atomic mass is 9.60. The first-order valence-electron chi connectivity index (χ1n) is 8.93. The number of halogens is 1. The second-order valence-corrected chi connectivity index (χ2v) is 7.32. The molecule has 23 heavy (non-hydrogen) atoms. The number of hydrogen-bond acceptors (Lipinski definition) is 3. The molecule has 1 spiro atoms. The quantitative estimate of drug-likeness (QED) is 0.351. The molecule has 6 heteroatoms. The lowest BCUT2D eigenvalue weighted by Crippen LogP contribution is -2.65. The molecule has 3 saturated carbocycles. The van der Waals surface area contributed by atoms with E-state index >= 15 is 0 Å². The molecule has 0 aliphatic heterocycles. The highest BCUT2D eigenvalue weighted by molar-refractivity contribution is 14.0. The normalized spacial score (nSPS) is 31.0. The fourth-order valence-electron chi connectivity index (χ4n) is 4.46. The number of hydrogen-bond donors (Lipinski definition) is 3. The van der Waals surface area contributed by atoms with Crippen LogP contribution in [0.15, 0.2) is 4.99 Å². The van der Waals surface area contributed by atoms with Crippen LogP contribution in [-0.2, 0) is 4.74 Å². The molecule has 5 nitrogen and oxygen atoms in total. The number of ether oxygens (including phenoxy) is 1. The zero-order chi connectivity index (χ0) is 15.6. The van der Waals surface area contributed by atoms with Gasteiger partial charge >= 0.3 is 0 Å². The molecule has 0 aromatic rings. The van der Waals surface area contributed by atoms with Gasteiger partial charge in [-0.25, -0.2) is 0 Å². The first kappa shape index (κ1) is 19.2. The minimum atomic E-state index is -0.518. The van der Waals surface area contributed by atoms with Gasteiger partial charge < -0.3 is 20.5 Å². The summed E-state index contributed by atoms with van der Waals surface area (Å²) in [6, 6.07) is 0.453. The summed E-state index contributed by atoms with van der Waals surface area (Å²) >= 11 is 0. The summed E-state index contributed by atoms with van der Waals surface area (Å²) in [6.07, 6.45) is 9.55. The highest BCUT2D eigenvalue weighted by Gasteiger charge is 2.57. The summed E-state index contributed by atoms with van der Waals surface area (Å²) in [7, 11) is 1.81. The van der Waals surface area contributed by atoms with Crippen molar-refractivity contribution in [2.75, 3.05) is 20.2 Å². The van der Waals surface area contributed by atoms with E-state index in [1.54, 1.807) is 7.05 Å². The average molecular weight is 437 g/mol. The molecule has 2 unspecified atom stereocenters. The van der Waals surface area contributed by atoms with Crippen molar-refractivity contribution in [2.24, 2.45) is 10.4 Å². The summed E-state index contributed by atoms with van der Waals surface area (Å²) in [4.78, 5) is 4.34. The fraction of sp³-hybridized carbons (Fsp3) is 0.941. The van der Waals surface area contributed by atoms with Gasteiger partial charge in [-0.2, -0.15) is 0 Å². The Kier molecular flexibility index (Phi) is 6.58. The number of rotatable bonds is 5. The van der Waals surface area contributed by atoms with E-state index in [-0.39, 0.29) is 24.0 Å². The SMILES string of the molecule is CCOC1CC(NC(=NC)NCC2(O)CCC2)C12CCCC2.I. The Morgan fingerprint density at radius 1 is 1.22 bits per heavy atom. The van der Waals surface area contributed by atoms with Crippen LogP contribution in [0.25, 0.3) is 0 Å². The van der Waals surface area contributed by atoms with Gasteiger partial charge in [-0.1, -0.05) is 12.8 Å². The van der Waals surface area contributed by atoms with E-state index in [9.17, 15) is 5.11 Å². The van der Waals surface area contributed by atoms with Gasteiger partial charge in [-0.3, -0.25) is 4.99 Å². The molecule has 0 aromatic carbocycles. The second-order valence-electron chi connectivity index (χ2n) is 7.32. The zero-order valence-corrected chi connectivity index (χ0v) is 16.8. The van der Waals surface area contributed by atoms with Crippen molar-refractivity contribution < 1.29 is 9.84 Å². The monoisotopic (exact) mass is 437 g/mol. The molecule has 0 radical (unpaired) electrons. The molecular formula is C17H32IN3O2. The Morgan fingerprint density at radius 3 is 2.43 bits per heavy atom. The van der Waals surface area contributed by atoms with Crippen LogP contribution in [0.4, 0.5) is 0 Å². The average Bonchev–Trinajstić information content (AvgIpc) is 3.00. The molecular weight excluding hydrogens is 405 g/mol. The summed E-state index contributed by atoms with van der Waals surface area (Å²) in [6.45, 7) is 3.49. The zero-order valence-electron chi connectivity index (χ0n) is 14.4. The third kappa shape index (κ3) is 3.79. The number of nitrogens with one attached hydrogen (secondary N) is 2. The van der Waals surface area contributed by atoms with Crippen LogP contribution in [0.3, 0.4) is 0 Å². The van der Waals surface area contributed by atoms with Crippen LogP contribution in [0.5, 0.6) is 0 Å². The number of aliphatic hydroxyl groups is 1. The van der Waals surface area contributed by atoms with E-state index in [0.717, 1.165) is 38.2 Å². The highest BCUT2D eigenvalue weighted by atomic mass is 127. The molecule has 0 amide bonds. The molecule has 3 rings (SSSR count). The molecule has 0 bridgehead atoms. The Labute approximate surface area is 157 Å². The highest BCUT2D eigenvalue weighted by Crippen LogP contribution is 2.54. The topological polar surface area (TPSA) is 65.9 Å². The minimum Gasteiger partial charge on any atom is -0.388 e. The van der Waals surface area contributed by atoms with Gasteiger partial charge in [-0.05, 0) is 45.4 Å². The third-order valence-corrected chi connectivity index (χ3v) is 6.09. The van der Waals surface area contributed by atoms with E-state index in [1.165, 1.54) is 25.7 Å². The molecule has 3 aliphatic carbocycles. The van der Waals surface area contributed by atoms with Crippen molar-refractivity contribution in [2.45, 2.75) is 76.0 Å². The van der Waals surface area contributed by atoms with Crippen LogP contribution >= 0.6 is 24.0 Å². The predicted molar refractivity (Wildman–Crippen MR) is 103 cm³/mol. The number of guanidine groups is 1. The number of aliphatic imine (C=N–C) groups is 1. The number of nitrogens with zero attached hydrogens (tertiary/aromatic N) is 1. The molecule has 134 valence electrons. The molecule has 3 N–H and O–H groups in total. The predicted octanol–water partition coefficient (Wildman–Crippen LogP) is 2.42. The first-order valence-corrected chi connectivity index (χ1v) is 8.93. The maximum Gasteiger partial charge on any atom is 0.191 e. The van der Waals surface area contributed by atoms with Crippen LogP contribution in [-0.4, -0.2) is 49.0 Å². The largest absolute Gasteiger partial charge is 0.388 e. The van der Waals surface area contributed by atoms with Crippen molar-refractivity contribution in [3.63, 3.8) is 0 Å². The van der Waals surface area contributed by atoms with Gasteiger partial charge in [0, 0.05) is 31.7 Å². The fourth-order valence-corrected chi connectivity index (χ4v) is 4.46. The Balaban J connectivity index is 0.00000192. The molecule has 0 aromatic heterocycles. The Hall–Kier alpha value is -0.0800. The third-order valence-electron chi connectivity index (χ3n) is 6.09. The molecule has 0 heterocycles. The lowest BCUT2D eigenvalue weighted by molar-refractivity contribution is -0.125. The standard InChI is InChI=1S/C17H31N3O2.HI/c1-3-22-14-11-13(17(14)9-4-5-10-17)20-15(18-2)19-12-16(21)7-6-8-16;/h13-14,21H,3-12H2,1-2H3,(H2,18,19,20);1H. The van der Waals surface area contributed by atoms with Crippen molar-refractivity contribution >= 4 is 29.9 Å². The van der Waals surface area contributed by atoms with Crippen LogP contribution in [0.1, 0.15) is 58.3 Å². The Morgan fingerprint density at radius 2 is 1.91 bits per heavy atom. The van der Waals surface area contributed by atoms with Crippen molar-refractivity contribution in [1.29, 1.82) is 0 Å². The molecule has 2 atom stereocenters. The minimum absolute atomic E-state index is 0. The second kappa shape index (κ2) is 7.87. The van der Waals surface area contributed by atoms with Crippen molar-refractivity contribution in [3.8, 4) is 0 Å². The van der Waals surface area contributed by atoms with E-state index < -0.39 is 5.60 Å². The van der Waals surface area contributed by atoms with E-state index in [2.05, 4.69) is 22.5 Å². The van der Waals surface area contributed by atoms with Gasteiger partial charge in [0.2, 0.25) is 0 Å². The van der Waals surface area contributed by atoms with Crippen LogP contribution in [0, 0.1) is 5.41 Å². The lowest BCUT2D eigenvalue weighted by Gasteiger charge is -2.54. The summed E-state index contributed by atoms with van der Waals surface area (Å²) in [5, 5.41) is 17.1. The van der Waals surface area contributed by atoms with Crippen molar-refractivity contribution in [3.05, 3.63) is 0 Å². The van der Waals surface area contributed by atoms with Gasteiger partial charge in [0.15, 0.2) is 5.96 Å². The van der Waals surface area contributed by atoms with E-state index in [1.807, 2.05) is 0 Å². The smallest absolute Gasteiger partial charge is 0.191 e. The van der Waals surface area contributed by atoms with Gasteiger partial charge in [0.1, 0.15) is 0 Å². The molecule has 3 aliphatic rings. The van der Waals surface area contributed by atoms with Gasteiger partial charge in [0.25, 0.3) is 0 Å². The molecule has 0 saturated heterocycles. The summed E-state index contributed by atoms with van der Waals surface area (Å²) in [5.41, 5.74) is -0.211. The van der Waals surface area contributed by atoms with E-state index in [0.29, 0.717) is 24.1 Å².